The van der Waals surface area contributed by atoms with Crippen LogP contribution < -0.4 is 9.62 Å². The van der Waals surface area contributed by atoms with Crippen LogP contribution in [-0.2, 0) is 14.8 Å². The molecule has 1 unspecified atom stereocenters. The molecule has 1 atom stereocenters. The van der Waals surface area contributed by atoms with E-state index in [1.807, 2.05) is 19.9 Å². The van der Waals surface area contributed by atoms with Crippen molar-refractivity contribution in [1.29, 1.82) is 0 Å². The minimum Gasteiger partial charge on any atom is -0.354 e. The Morgan fingerprint density at radius 1 is 1.30 bits per heavy atom. The van der Waals surface area contributed by atoms with E-state index in [1.54, 1.807) is 24.3 Å². The highest BCUT2D eigenvalue weighted by Crippen LogP contribution is 2.16. The second kappa shape index (κ2) is 7.28. The minimum atomic E-state index is -3.39. The van der Waals surface area contributed by atoms with Crippen LogP contribution in [0.25, 0.3) is 0 Å². The number of hydrogen-bond donors (Lipinski definition) is 1. The quantitative estimate of drug-likeness (QED) is 0.834. The molecule has 0 heterocycles. The van der Waals surface area contributed by atoms with E-state index in [0.717, 1.165) is 12.7 Å². The van der Waals surface area contributed by atoms with Crippen LogP contribution in [0.3, 0.4) is 0 Å². The molecule has 0 spiro atoms. The minimum absolute atomic E-state index is 0.103. The topological polar surface area (TPSA) is 66.5 Å². The molecule has 0 fully saturated rings. The van der Waals surface area contributed by atoms with Gasteiger partial charge in [-0.25, -0.2) is 8.42 Å². The molecule has 6 heteroatoms. The third kappa shape index (κ3) is 5.21. The summed E-state index contributed by atoms with van der Waals surface area (Å²) in [5.74, 6) is -0.135. The van der Waals surface area contributed by atoms with E-state index in [9.17, 15) is 13.2 Å². The van der Waals surface area contributed by atoms with Gasteiger partial charge in [0, 0.05) is 19.0 Å². The number of nitrogens with zero attached hydrogens (tertiary/aromatic N) is 1. The molecule has 0 saturated carbocycles. The fourth-order valence-corrected chi connectivity index (χ4v) is 2.66. The normalized spacial score (nSPS) is 12.8. The molecule has 1 amide bonds. The Hall–Kier alpha value is -1.56. The number of para-hydroxylation sites is 1. The van der Waals surface area contributed by atoms with E-state index in [4.69, 9.17) is 0 Å². The number of benzene rings is 1. The summed E-state index contributed by atoms with van der Waals surface area (Å²) in [4.78, 5) is 11.7. The van der Waals surface area contributed by atoms with E-state index in [2.05, 4.69) is 5.32 Å². The highest BCUT2D eigenvalue weighted by molar-refractivity contribution is 7.92. The third-order valence-electron chi connectivity index (χ3n) is 3.01. The van der Waals surface area contributed by atoms with E-state index < -0.39 is 10.0 Å². The van der Waals surface area contributed by atoms with Gasteiger partial charge in [-0.1, -0.05) is 25.1 Å². The molecule has 0 aromatic heterocycles. The Balaban J connectivity index is 2.72. The Morgan fingerprint density at radius 2 is 1.90 bits per heavy atom. The zero-order valence-corrected chi connectivity index (χ0v) is 13.0. The molecule has 1 aromatic carbocycles. The van der Waals surface area contributed by atoms with E-state index in [-0.39, 0.29) is 24.9 Å². The summed E-state index contributed by atoms with van der Waals surface area (Å²) in [6.45, 7) is 4.05. The van der Waals surface area contributed by atoms with Crippen LogP contribution in [0, 0.1) is 0 Å². The van der Waals surface area contributed by atoms with Crippen molar-refractivity contribution in [2.45, 2.75) is 32.7 Å². The average Bonchev–Trinajstić information content (AvgIpc) is 2.38. The molecular weight excluding hydrogens is 276 g/mol. The lowest BCUT2D eigenvalue weighted by molar-refractivity contribution is -0.121. The van der Waals surface area contributed by atoms with Crippen molar-refractivity contribution in [2.75, 3.05) is 17.1 Å². The van der Waals surface area contributed by atoms with Gasteiger partial charge >= 0.3 is 0 Å². The van der Waals surface area contributed by atoms with Gasteiger partial charge in [0.25, 0.3) is 0 Å². The lowest BCUT2D eigenvalue weighted by atomic mass is 10.2. The number of rotatable bonds is 7. The number of sulfonamides is 1. The summed E-state index contributed by atoms with van der Waals surface area (Å²) in [5, 5.41) is 2.83. The van der Waals surface area contributed by atoms with Gasteiger partial charge in [-0.15, -0.1) is 0 Å². The standard InChI is InChI=1S/C14H22N2O3S/c1-4-12(2)15-14(17)10-11-16(20(3,18)19)13-8-6-5-7-9-13/h5-9,12H,4,10-11H2,1-3H3,(H,15,17). The van der Waals surface area contributed by atoms with Crippen molar-refractivity contribution < 1.29 is 13.2 Å². The summed E-state index contributed by atoms with van der Waals surface area (Å²) >= 11 is 0. The van der Waals surface area contributed by atoms with Crippen LogP contribution in [0.2, 0.25) is 0 Å². The van der Waals surface area contributed by atoms with Gasteiger partial charge in [0.15, 0.2) is 0 Å². The first-order chi connectivity index (χ1) is 9.34. The number of amides is 1. The molecule has 1 rings (SSSR count). The number of anilines is 1. The predicted molar refractivity (Wildman–Crippen MR) is 81.1 cm³/mol. The van der Waals surface area contributed by atoms with Crippen LogP contribution in [0.15, 0.2) is 30.3 Å². The Morgan fingerprint density at radius 3 is 2.40 bits per heavy atom. The van der Waals surface area contributed by atoms with Crippen molar-refractivity contribution >= 4 is 21.6 Å². The van der Waals surface area contributed by atoms with Crippen LogP contribution in [-0.4, -0.2) is 33.2 Å². The predicted octanol–water partition coefficient (Wildman–Crippen LogP) is 1.76. The molecule has 0 bridgehead atoms. The van der Waals surface area contributed by atoms with Crippen LogP contribution in [0.5, 0.6) is 0 Å². The van der Waals surface area contributed by atoms with Crippen molar-refractivity contribution in [1.82, 2.24) is 5.32 Å². The molecule has 0 aliphatic rings. The molecule has 20 heavy (non-hydrogen) atoms. The molecule has 0 radical (unpaired) electrons. The smallest absolute Gasteiger partial charge is 0.232 e. The van der Waals surface area contributed by atoms with E-state index in [1.165, 1.54) is 4.31 Å². The first-order valence-electron chi connectivity index (χ1n) is 6.66. The Bertz CT molecular complexity index is 529. The van der Waals surface area contributed by atoms with Gasteiger partial charge in [0.2, 0.25) is 15.9 Å². The van der Waals surface area contributed by atoms with Crippen LogP contribution >= 0.6 is 0 Å². The first-order valence-corrected chi connectivity index (χ1v) is 8.51. The molecule has 112 valence electrons. The van der Waals surface area contributed by atoms with Gasteiger partial charge in [-0.05, 0) is 25.5 Å². The zero-order valence-electron chi connectivity index (χ0n) is 12.2. The zero-order chi connectivity index (χ0) is 15.2. The lowest BCUT2D eigenvalue weighted by Crippen LogP contribution is -2.37. The Labute approximate surface area is 121 Å². The molecule has 1 N–H and O–H groups in total. The Kier molecular flexibility index (Phi) is 6.01. The molecule has 0 aliphatic carbocycles. The van der Waals surface area contributed by atoms with Gasteiger partial charge in [-0.2, -0.15) is 0 Å². The molecule has 5 nitrogen and oxygen atoms in total. The van der Waals surface area contributed by atoms with Crippen LogP contribution in [0.4, 0.5) is 5.69 Å². The maximum Gasteiger partial charge on any atom is 0.232 e. The van der Waals surface area contributed by atoms with Crippen molar-refractivity contribution in [3.05, 3.63) is 30.3 Å². The van der Waals surface area contributed by atoms with E-state index >= 15 is 0 Å². The summed E-state index contributed by atoms with van der Waals surface area (Å²) in [7, 11) is -3.39. The lowest BCUT2D eigenvalue weighted by Gasteiger charge is -2.22. The fourth-order valence-electron chi connectivity index (χ4n) is 1.73. The summed E-state index contributed by atoms with van der Waals surface area (Å²) in [6.07, 6.45) is 2.14. The van der Waals surface area contributed by atoms with Crippen molar-refractivity contribution in [3.8, 4) is 0 Å². The SMILES string of the molecule is CCC(C)NC(=O)CCN(c1ccccc1)S(C)(=O)=O. The molecule has 0 aliphatic heterocycles. The number of nitrogens with one attached hydrogen (secondary N) is 1. The largest absolute Gasteiger partial charge is 0.354 e. The monoisotopic (exact) mass is 298 g/mol. The first kappa shape index (κ1) is 16.5. The average molecular weight is 298 g/mol. The van der Waals surface area contributed by atoms with E-state index in [0.29, 0.717) is 5.69 Å². The highest BCUT2D eigenvalue weighted by atomic mass is 32.2. The highest BCUT2D eigenvalue weighted by Gasteiger charge is 2.18. The second-order valence-corrected chi connectivity index (χ2v) is 6.70. The maximum atomic E-state index is 11.8. The molecular formula is C14H22N2O3S. The molecule has 1 aromatic rings. The number of carbonyl (C=O) groups excluding carboxylic acids is 1. The van der Waals surface area contributed by atoms with Gasteiger partial charge in [-0.3, -0.25) is 9.10 Å². The summed E-state index contributed by atoms with van der Waals surface area (Å²) in [5.41, 5.74) is 0.575. The van der Waals surface area contributed by atoms with Gasteiger partial charge in [0.1, 0.15) is 0 Å². The van der Waals surface area contributed by atoms with Crippen LogP contribution in [0.1, 0.15) is 26.7 Å². The number of carbonyl (C=O) groups is 1. The second-order valence-electron chi connectivity index (χ2n) is 4.80. The summed E-state index contributed by atoms with van der Waals surface area (Å²) < 4.78 is 24.9. The molecule has 0 saturated heterocycles. The third-order valence-corrected chi connectivity index (χ3v) is 4.20. The summed E-state index contributed by atoms with van der Waals surface area (Å²) in [6, 6.07) is 8.89. The van der Waals surface area contributed by atoms with Gasteiger partial charge < -0.3 is 5.32 Å². The van der Waals surface area contributed by atoms with Gasteiger partial charge in [0.05, 0.1) is 11.9 Å². The maximum absolute atomic E-state index is 11.8. The van der Waals surface area contributed by atoms with Crippen molar-refractivity contribution in [2.24, 2.45) is 0 Å². The van der Waals surface area contributed by atoms with Crippen molar-refractivity contribution in [3.63, 3.8) is 0 Å². The number of hydrogen-bond acceptors (Lipinski definition) is 3. The fraction of sp³-hybridized carbons (Fsp3) is 0.500.